The molecular weight excluding hydrogens is 282 g/mol. The second-order valence-electron chi connectivity index (χ2n) is 5.47. The van der Waals surface area contributed by atoms with Crippen molar-refractivity contribution in [3.63, 3.8) is 0 Å². The van der Waals surface area contributed by atoms with Crippen LogP contribution in [0.3, 0.4) is 0 Å². The first-order chi connectivity index (χ1) is 10.6. The van der Waals surface area contributed by atoms with Crippen LogP contribution in [-0.4, -0.2) is 26.5 Å². The minimum atomic E-state index is -0.936. The monoisotopic (exact) mass is 299 g/mol. The first kappa shape index (κ1) is 14.3. The fourth-order valence-electron chi connectivity index (χ4n) is 2.84. The summed E-state index contributed by atoms with van der Waals surface area (Å²) < 4.78 is 1.79. The molecule has 1 amide bonds. The standard InChI is InChI=1S/C16H17N3O3/c1-19-13-9-5-4-8-12(13)17-16(19)18-14(20)10-6-2-3-7-11(10)15(21)22/h2-5,8-11H,6-7H2,1H3,(H,21,22)(H,17,18,20)/t10-,11+/m0/s1. The molecule has 2 N–H and O–H groups in total. The molecule has 0 saturated heterocycles. The number of allylic oxidation sites excluding steroid dienone is 2. The van der Waals surface area contributed by atoms with Gasteiger partial charge < -0.3 is 9.67 Å². The highest BCUT2D eigenvalue weighted by atomic mass is 16.4. The maximum absolute atomic E-state index is 12.4. The lowest BCUT2D eigenvalue weighted by Crippen LogP contribution is -2.35. The largest absolute Gasteiger partial charge is 0.481 e. The molecule has 0 radical (unpaired) electrons. The molecule has 6 nitrogen and oxygen atoms in total. The van der Waals surface area contributed by atoms with Crippen LogP contribution in [0.25, 0.3) is 11.0 Å². The molecule has 6 heteroatoms. The Labute approximate surface area is 127 Å². The summed E-state index contributed by atoms with van der Waals surface area (Å²) in [6.07, 6.45) is 4.50. The highest BCUT2D eigenvalue weighted by molar-refractivity contribution is 5.95. The maximum Gasteiger partial charge on any atom is 0.307 e. The van der Waals surface area contributed by atoms with Crippen molar-refractivity contribution in [3.05, 3.63) is 36.4 Å². The Bertz CT molecular complexity index is 763. The number of carbonyl (C=O) groups excluding carboxylic acids is 1. The van der Waals surface area contributed by atoms with Crippen LogP contribution < -0.4 is 5.32 Å². The van der Waals surface area contributed by atoms with Crippen LogP contribution in [0.4, 0.5) is 5.95 Å². The smallest absolute Gasteiger partial charge is 0.307 e. The van der Waals surface area contributed by atoms with Gasteiger partial charge in [0, 0.05) is 7.05 Å². The van der Waals surface area contributed by atoms with E-state index in [1.165, 1.54) is 0 Å². The fraction of sp³-hybridized carbons (Fsp3) is 0.312. The lowest BCUT2D eigenvalue weighted by atomic mass is 9.82. The quantitative estimate of drug-likeness (QED) is 0.851. The molecule has 1 aliphatic rings. The van der Waals surface area contributed by atoms with Crippen molar-refractivity contribution in [1.29, 1.82) is 0 Å². The predicted molar refractivity (Wildman–Crippen MR) is 82.3 cm³/mol. The number of hydrogen-bond donors (Lipinski definition) is 2. The number of carbonyl (C=O) groups is 2. The number of aryl methyl sites for hydroxylation is 1. The van der Waals surface area contributed by atoms with E-state index in [1.807, 2.05) is 43.5 Å². The Morgan fingerprint density at radius 2 is 1.91 bits per heavy atom. The molecule has 0 unspecified atom stereocenters. The van der Waals surface area contributed by atoms with Crippen LogP contribution in [0.5, 0.6) is 0 Å². The normalized spacial score (nSPS) is 21.0. The first-order valence-corrected chi connectivity index (χ1v) is 7.18. The molecule has 114 valence electrons. The summed E-state index contributed by atoms with van der Waals surface area (Å²) >= 11 is 0. The van der Waals surface area contributed by atoms with Crippen molar-refractivity contribution < 1.29 is 14.7 Å². The van der Waals surface area contributed by atoms with Crippen molar-refractivity contribution >= 4 is 28.9 Å². The number of aliphatic carboxylic acids is 1. The summed E-state index contributed by atoms with van der Waals surface area (Å²) in [5, 5.41) is 12.0. The second kappa shape index (κ2) is 5.63. The zero-order valence-electron chi connectivity index (χ0n) is 12.2. The third-order valence-electron chi connectivity index (χ3n) is 4.11. The van der Waals surface area contributed by atoms with Gasteiger partial charge in [-0.15, -0.1) is 0 Å². The zero-order chi connectivity index (χ0) is 15.7. The Hall–Kier alpha value is -2.63. The molecular formula is C16H17N3O3. The van der Waals surface area contributed by atoms with E-state index in [4.69, 9.17) is 0 Å². The van der Waals surface area contributed by atoms with Crippen molar-refractivity contribution in [1.82, 2.24) is 9.55 Å². The number of carboxylic acid groups (broad SMARTS) is 1. The van der Waals surface area contributed by atoms with Crippen LogP contribution in [0, 0.1) is 11.8 Å². The number of anilines is 1. The van der Waals surface area contributed by atoms with Crippen molar-refractivity contribution in [2.75, 3.05) is 5.32 Å². The number of fused-ring (bicyclic) bond motifs is 1. The number of carboxylic acids is 1. The topological polar surface area (TPSA) is 84.2 Å². The van der Waals surface area contributed by atoms with Gasteiger partial charge in [-0.05, 0) is 25.0 Å². The van der Waals surface area contributed by atoms with Crippen LogP contribution in [-0.2, 0) is 16.6 Å². The fourth-order valence-corrected chi connectivity index (χ4v) is 2.84. The molecule has 0 saturated carbocycles. The highest BCUT2D eigenvalue weighted by Gasteiger charge is 2.34. The second-order valence-corrected chi connectivity index (χ2v) is 5.47. The minimum absolute atomic E-state index is 0.296. The van der Waals surface area contributed by atoms with E-state index in [9.17, 15) is 14.7 Å². The van der Waals surface area contributed by atoms with Crippen LogP contribution in [0.2, 0.25) is 0 Å². The van der Waals surface area contributed by atoms with Gasteiger partial charge in [-0.3, -0.25) is 14.9 Å². The summed E-state index contributed by atoms with van der Waals surface area (Å²) in [7, 11) is 1.82. The molecule has 2 atom stereocenters. The van der Waals surface area contributed by atoms with E-state index in [-0.39, 0.29) is 5.91 Å². The summed E-state index contributed by atoms with van der Waals surface area (Å²) in [5.74, 6) is -2.04. The van der Waals surface area contributed by atoms with E-state index < -0.39 is 17.8 Å². The van der Waals surface area contributed by atoms with Gasteiger partial charge >= 0.3 is 5.97 Å². The molecule has 2 aromatic rings. The average Bonchev–Trinajstić information content (AvgIpc) is 2.84. The van der Waals surface area contributed by atoms with Gasteiger partial charge in [0.2, 0.25) is 11.9 Å². The van der Waals surface area contributed by atoms with Gasteiger partial charge in [0.05, 0.1) is 22.9 Å². The van der Waals surface area contributed by atoms with Gasteiger partial charge in [0.25, 0.3) is 0 Å². The van der Waals surface area contributed by atoms with Gasteiger partial charge in [0.1, 0.15) is 0 Å². The van der Waals surface area contributed by atoms with Gasteiger partial charge in [-0.1, -0.05) is 24.3 Å². The lowest BCUT2D eigenvalue weighted by Gasteiger charge is -2.23. The zero-order valence-corrected chi connectivity index (χ0v) is 12.2. The molecule has 1 aromatic carbocycles. The molecule has 1 aromatic heterocycles. The number of nitrogens with zero attached hydrogens (tertiary/aromatic N) is 2. The Balaban J connectivity index is 1.85. The molecule has 0 aliphatic heterocycles. The van der Waals surface area contributed by atoms with E-state index in [0.717, 1.165) is 11.0 Å². The van der Waals surface area contributed by atoms with Gasteiger partial charge in [-0.2, -0.15) is 0 Å². The van der Waals surface area contributed by atoms with Crippen LogP contribution >= 0.6 is 0 Å². The summed E-state index contributed by atoms with van der Waals surface area (Å²) in [6, 6.07) is 7.57. The first-order valence-electron chi connectivity index (χ1n) is 7.18. The average molecular weight is 299 g/mol. The Morgan fingerprint density at radius 3 is 2.59 bits per heavy atom. The number of amides is 1. The number of rotatable bonds is 3. The van der Waals surface area contributed by atoms with E-state index in [2.05, 4.69) is 10.3 Å². The Morgan fingerprint density at radius 1 is 1.23 bits per heavy atom. The summed E-state index contributed by atoms with van der Waals surface area (Å²) in [6.45, 7) is 0. The summed E-state index contributed by atoms with van der Waals surface area (Å²) in [4.78, 5) is 28.1. The SMILES string of the molecule is Cn1c(NC(=O)[C@H]2CC=CC[C@H]2C(=O)O)nc2ccccc21. The van der Waals surface area contributed by atoms with Crippen molar-refractivity contribution in [2.45, 2.75) is 12.8 Å². The molecule has 0 bridgehead atoms. The van der Waals surface area contributed by atoms with E-state index in [0.29, 0.717) is 18.8 Å². The third-order valence-corrected chi connectivity index (χ3v) is 4.11. The van der Waals surface area contributed by atoms with E-state index in [1.54, 1.807) is 4.57 Å². The highest BCUT2D eigenvalue weighted by Crippen LogP contribution is 2.27. The minimum Gasteiger partial charge on any atom is -0.481 e. The number of para-hydroxylation sites is 2. The maximum atomic E-state index is 12.4. The molecule has 3 rings (SSSR count). The number of aromatic nitrogens is 2. The molecule has 1 aliphatic carbocycles. The molecule has 1 heterocycles. The van der Waals surface area contributed by atoms with E-state index >= 15 is 0 Å². The number of benzene rings is 1. The lowest BCUT2D eigenvalue weighted by molar-refractivity contribution is -0.146. The van der Waals surface area contributed by atoms with Crippen molar-refractivity contribution in [3.8, 4) is 0 Å². The number of hydrogen-bond acceptors (Lipinski definition) is 3. The van der Waals surface area contributed by atoms with Crippen LogP contribution in [0.1, 0.15) is 12.8 Å². The molecule has 22 heavy (non-hydrogen) atoms. The Kier molecular flexibility index (Phi) is 3.66. The third kappa shape index (κ3) is 2.47. The molecule has 0 spiro atoms. The molecule has 0 fully saturated rings. The van der Waals surface area contributed by atoms with Crippen molar-refractivity contribution in [2.24, 2.45) is 18.9 Å². The predicted octanol–water partition coefficient (Wildman–Crippen LogP) is 2.18. The van der Waals surface area contributed by atoms with Gasteiger partial charge in [-0.25, -0.2) is 4.98 Å². The number of imidazole rings is 1. The summed E-state index contributed by atoms with van der Waals surface area (Å²) in [5.41, 5.74) is 1.70. The van der Waals surface area contributed by atoms with Gasteiger partial charge in [0.15, 0.2) is 0 Å². The van der Waals surface area contributed by atoms with Crippen LogP contribution in [0.15, 0.2) is 36.4 Å². The number of nitrogens with one attached hydrogen (secondary N) is 1.